The van der Waals surface area contributed by atoms with Crippen molar-refractivity contribution >= 4 is 0 Å². The number of benzene rings is 1. The maximum Gasteiger partial charge on any atom is 0.123 e. The summed E-state index contributed by atoms with van der Waals surface area (Å²) in [4.78, 5) is 0. The molecule has 1 heteroatoms. The van der Waals surface area contributed by atoms with Gasteiger partial charge in [-0.3, -0.25) is 0 Å². The number of rotatable bonds is 1. The topological polar surface area (TPSA) is 0 Å². The summed E-state index contributed by atoms with van der Waals surface area (Å²) in [5.41, 5.74) is 1.54. The maximum atomic E-state index is 12.9. The molecule has 0 radical (unpaired) electrons. The van der Waals surface area contributed by atoms with Crippen molar-refractivity contribution in [3.8, 4) is 0 Å². The van der Waals surface area contributed by atoms with Crippen LogP contribution in [0.15, 0.2) is 36.4 Å². The number of hydrogen-bond acceptors (Lipinski definition) is 0. The first kappa shape index (κ1) is 9.14. The SMILES string of the molecule is CC1(c2ccc(F)cc2)CC2C=CC1C2. The lowest BCUT2D eigenvalue weighted by Gasteiger charge is -2.32. The van der Waals surface area contributed by atoms with E-state index in [4.69, 9.17) is 0 Å². The van der Waals surface area contributed by atoms with Gasteiger partial charge in [-0.15, -0.1) is 0 Å². The Morgan fingerprint density at radius 2 is 1.93 bits per heavy atom. The molecule has 2 bridgehead atoms. The monoisotopic (exact) mass is 202 g/mol. The molecule has 2 aliphatic rings. The molecule has 0 aromatic heterocycles. The average Bonchev–Trinajstić information content (AvgIpc) is 2.78. The predicted molar refractivity (Wildman–Crippen MR) is 59.1 cm³/mol. The van der Waals surface area contributed by atoms with Crippen LogP contribution in [0.4, 0.5) is 4.39 Å². The maximum absolute atomic E-state index is 12.9. The quantitative estimate of drug-likeness (QED) is 0.609. The molecule has 15 heavy (non-hydrogen) atoms. The molecular weight excluding hydrogens is 187 g/mol. The third-order valence-corrected chi connectivity index (χ3v) is 4.18. The second-order valence-electron chi connectivity index (χ2n) is 5.12. The summed E-state index contributed by atoms with van der Waals surface area (Å²) in [6, 6.07) is 7.06. The van der Waals surface area contributed by atoms with E-state index in [1.165, 1.54) is 18.4 Å². The molecule has 1 saturated carbocycles. The largest absolute Gasteiger partial charge is 0.207 e. The molecule has 78 valence electrons. The second-order valence-corrected chi connectivity index (χ2v) is 5.12. The fraction of sp³-hybridized carbons (Fsp3) is 0.429. The zero-order chi connectivity index (χ0) is 10.5. The standard InChI is InChI=1S/C14H15F/c1-14(9-10-2-3-12(14)8-10)11-4-6-13(15)7-5-11/h2-7,10,12H,8-9H2,1H3. The Hall–Kier alpha value is -1.11. The molecule has 1 aromatic rings. The van der Waals surface area contributed by atoms with Crippen LogP contribution >= 0.6 is 0 Å². The number of hydrogen-bond donors (Lipinski definition) is 0. The van der Waals surface area contributed by atoms with Gasteiger partial charge in [0.2, 0.25) is 0 Å². The highest BCUT2D eigenvalue weighted by Crippen LogP contribution is 2.53. The molecule has 3 unspecified atom stereocenters. The second kappa shape index (κ2) is 2.94. The Balaban J connectivity index is 2.00. The van der Waals surface area contributed by atoms with Crippen molar-refractivity contribution in [1.29, 1.82) is 0 Å². The van der Waals surface area contributed by atoms with Crippen LogP contribution in [0.3, 0.4) is 0 Å². The van der Waals surface area contributed by atoms with Gasteiger partial charge in [-0.25, -0.2) is 4.39 Å². The van der Waals surface area contributed by atoms with Gasteiger partial charge in [-0.05, 0) is 47.8 Å². The lowest BCUT2D eigenvalue weighted by molar-refractivity contribution is 0.395. The van der Waals surface area contributed by atoms with Crippen molar-refractivity contribution in [3.63, 3.8) is 0 Å². The fourth-order valence-corrected chi connectivity index (χ4v) is 3.26. The molecule has 3 rings (SSSR count). The van der Waals surface area contributed by atoms with Crippen molar-refractivity contribution in [2.75, 3.05) is 0 Å². The van der Waals surface area contributed by atoms with Gasteiger partial charge in [0.25, 0.3) is 0 Å². The van der Waals surface area contributed by atoms with Crippen LogP contribution in [0.2, 0.25) is 0 Å². The first-order valence-corrected chi connectivity index (χ1v) is 5.63. The van der Waals surface area contributed by atoms with Crippen molar-refractivity contribution in [2.24, 2.45) is 11.8 Å². The zero-order valence-electron chi connectivity index (χ0n) is 8.91. The summed E-state index contributed by atoms with van der Waals surface area (Å²) in [7, 11) is 0. The first-order chi connectivity index (χ1) is 7.18. The molecule has 2 aliphatic carbocycles. The Kier molecular flexibility index (Phi) is 1.79. The molecule has 0 nitrogen and oxygen atoms in total. The lowest BCUT2D eigenvalue weighted by Crippen LogP contribution is -2.26. The minimum atomic E-state index is -0.138. The predicted octanol–water partition coefficient (Wildman–Crippen LogP) is 3.68. The van der Waals surface area contributed by atoms with E-state index in [1.807, 2.05) is 12.1 Å². The number of allylic oxidation sites excluding steroid dienone is 2. The molecule has 0 heterocycles. The fourth-order valence-electron chi connectivity index (χ4n) is 3.26. The van der Waals surface area contributed by atoms with E-state index in [-0.39, 0.29) is 11.2 Å². The van der Waals surface area contributed by atoms with Crippen LogP contribution in [0, 0.1) is 17.7 Å². The normalized spacial score (nSPS) is 37.5. The molecule has 1 fully saturated rings. The molecule has 0 spiro atoms. The molecular formula is C14H15F. The van der Waals surface area contributed by atoms with Gasteiger partial charge < -0.3 is 0 Å². The summed E-state index contributed by atoms with van der Waals surface area (Å²) in [6.45, 7) is 2.31. The van der Waals surface area contributed by atoms with Gasteiger partial charge in [0.05, 0.1) is 0 Å². The van der Waals surface area contributed by atoms with E-state index in [0.29, 0.717) is 5.92 Å². The highest BCUT2D eigenvalue weighted by Gasteiger charge is 2.45. The minimum Gasteiger partial charge on any atom is -0.207 e. The Morgan fingerprint density at radius 1 is 1.20 bits per heavy atom. The Labute approximate surface area is 89.8 Å². The summed E-state index contributed by atoms with van der Waals surface area (Å²) < 4.78 is 12.9. The third-order valence-electron chi connectivity index (χ3n) is 4.18. The molecule has 0 aliphatic heterocycles. The van der Waals surface area contributed by atoms with Gasteiger partial charge in [0.1, 0.15) is 5.82 Å². The van der Waals surface area contributed by atoms with Crippen LogP contribution < -0.4 is 0 Å². The smallest absolute Gasteiger partial charge is 0.123 e. The van der Waals surface area contributed by atoms with Crippen LogP contribution in [0.5, 0.6) is 0 Å². The van der Waals surface area contributed by atoms with Gasteiger partial charge in [0, 0.05) is 0 Å². The highest BCUT2D eigenvalue weighted by atomic mass is 19.1. The zero-order valence-corrected chi connectivity index (χ0v) is 8.91. The number of halogens is 1. The van der Waals surface area contributed by atoms with E-state index in [0.717, 1.165) is 5.92 Å². The molecule has 0 amide bonds. The van der Waals surface area contributed by atoms with E-state index < -0.39 is 0 Å². The van der Waals surface area contributed by atoms with Crippen LogP contribution in [0.25, 0.3) is 0 Å². The average molecular weight is 202 g/mol. The Bertz CT molecular complexity index is 404. The van der Waals surface area contributed by atoms with E-state index in [9.17, 15) is 4.39 Å². The van der Waals surface area contributed by atoms with E-state index >= 15 is 0 Å². The molecule has 0 N–H and O–H groups in total. The van der Waals surface area contributed by atoms with E-state index in [2.05, 4.69) is 19.1 Å². The Morgan fingerprint density at radius 3 is 2.47 bits per heavy atom. The van der Waals surface area contributed by atoms with Gasteiger partial charge in [0.15, 0.2) is 0 Å². The summed E-state index contributed by atoms with van der Waals surface area (Å²) >= 11 is 0. The van der Waals surface area contributed by atoms with Crippen LogP contribution in [-0.2, 0) is 5.41 Å². The van der Waals surface area contributed by atoms with Gasteiger partial charge in [-0.1, -0.05) is 31.2 Å². The molecule has 3 atom stereocenters. The van der Waals surface area contributed by atoms with Crippen LogP contribution in [-0.4, -0.2) is 0 Å². The van der Waals surface area contributed by atoms with Crippen LogP contribution in [0.1, 0.15) is 25.3 Å². The summed E-state index contributed by atoms with van der Waals surface area (Å²) in [6.07, 6.45) is 7.20. The van der Waals surface area contributed by atoms with Crippen molar-refractivity contribution < 1.29 is 4.39 Å². The van der Waals surface area contributed by atoms with E-state index in [1.54, 1.807) is 12.1 Å². The van der Waals surface area contributed by atoms with Gasteiger partial charge >= 0.3 is 0 Å². The van der Waals surface area contributed by atoms with Crippen molar-refractivity contribution in [2.45, 2.75) is 25.2 Å². The molecule has 1 aromatic carbocycles. The summed E-state index contributed by atoms with van der Waals surface area (Å²) in [5, 5.41) is 0. The minimum absolute atomic E-state index is 0.138. The lowest BCUT2D eigenvalue weighted by atomic mass is 9.72. The summed E-state index contributed by atoms with van der Waals surface area (Å²) in [5.74, 6) is 1.28. The third kappa shape index (κ3) is 1.26. The first-order valence-electron chi connectivity index (χ1n) is 5.63. The number of fused-ring (bicyclic) bond motifs is 2. The molecule has 0 saturated heterocycles. The van der Waals surface area contributed by atoms with Crippen molar-refractivity contribution in [3.05, 3.63) is 47.8 Å². The van der Waals surface area contributed by atoms with Crippen molar-refractivity contribution in [1.82, 2.24) is 0 Å². The highest BCUT2D eigenvalue weighted by molar-refractivity contribution is 5.33. The van der Waals surface area contributed by atoms with Gasteiger partial charge in [-0.2, -0.15) is 0 Å².